The molecule has 0 aliphatic rings. The summed E-state index contributed by atoms with van der Waals surface area (Å²) in [5.41, 5.74) is 5.75. The van der Waals surface area contributed by atoms with E-state index < -0.39 is 0 Å². The van der Waals surface area contributed by atoms with Crippen LogP contribution in [0.5, 0.6) is 0 Å². The molecule has 0 spiro atoms. The highest BCUT2D eigenvalue weighted by Gasteiger charge is 2.24. The lowest BCUT2D eigenvalue weighted by Crippen LogP contribution is -2.43. The Bertz CT molecular complexity index is 258. The maximum Gasteiger partial charge on any atom is 0.183 e. The van der Waals surface area contributed by atoms with Crippen LogP contribution in [-0.2, 0) is 0 Å². The largest absolute Gasteiger partial charge is 0.355 e. The Kier molecular flexibility index (Phi) is 3.89. The highest BCUT2D eigenvalue weighted by atomic mass is 32.1. The highest BCUT2D eigenvalue weighted by Crippen LogP contribution is 2.22. The molecule has 1 aromatic rings. The van der Waals surface area contributed by atoms with Crippen LogP contribution in [0.25, 0.3) is 0 Å². The Morgan fingerprint density at radius 3 is 2.79 bits per heavy atom. The molecule has 1 unspecified atom stereocenters. The average molecular weight is 213 g/mol. The van der Waals surface area contributed by atoms with Gasteiger partial charge in [0, 0.05) is 23.7 Å². The average Bonchev–Trinajstić information content (AvgIpc) is 2.55. The van der Waals surface area contributed by atoms with E-state index in [2.05, 4.69) is 31.1 Å². The fraction of sp³-hybridized carbons (Fsp3) is 0.700. The number of nitrogens with zero attached hydrogens (tertiary/aromatic N) is 1. The van der Waals surface area contributed by atoms with Crippen LogP contribution in [0, 0.1) is 5.92 Å². The number of rotatable bonds is 5. The van der Waals surface area contributed by atoms with Crippen molar-refractivity contribution >= 4 is 16.5 Å². The van der Waals surface area contributed by atoms with Crippen molar-refractivity contribution in [3.8, 4) is 0 Å². The van der Waals surface area contributed by atoms with E-state index in [4.69, 9.17) is 5.73 Å². The van der Waals surface area contributed by atoms with Crippen molar-refractivity contribution in [3.05, 3.63) is 11.6 Å². The Labute approximate surface area is 89.7 Å². The summed E-state index contributed by atoms with van der Waals surface area (Å²) >= 11 is 1.61. The monoisotopic (exact) mass is 213 g/mol. The zero-order chi connectivity index (χ0) is 10.6. The molecule has 0 aliphatic heterocycles. The summed E-state index contributed by atoms with van der Waals surface area (Å²) in [6, 6.07) is 0. The molecule has 14 heavy (non-hydrogen) atoms. The number of hydrogen-bond donors (Lipinski definition) is 2. The van der Waals surface area contributed by atoms with Crippen LogP contribution >= 0.6 is 11.3 Å². The first-order valence-corrected chi connectivity index (χ1v) is 5.81. The van der Waals surface area contributed by atoms with Crippen LogP contribution < -0.4 is 11.1 Å². The third kappa shape index (κ3) is 3.27. The van der Waals surface area contributed by atoms with E-state index in [1.807, 2.05) is 5.38 Å². The van der Waals surface area contributed by atoms with Crippen LogP contribution in [0.1, 0.15) is 27.2 Å². The number of aromatic nitrogens is 1. The predicted octanol–water partition coefficient (Wildman–Crippen LogP) is 2.32. The first-order chi connectivity index (χ1) is 6.56. The maximum absolute atomic E-state index is 5.79. The topological polar surface area (TPSA) is 50.9 Å². The summed E-state index contributed by atoms with van der Waals surface area (Å²) in [4.78, 5) is 4.21. The molecule has 0 saturated carbocycles. The molecule has 0 saturated heterocycles. The van der Waals surface area contributed by atoms with Crippen molar-refractivity contribution in [1.29, 1.82) is 0 Å². The number of nitrogens with two attached hydrogens (primary N) is 1. The van der Waals surface area contributed by atoms with E-state index in [1.54, 1.807) is 17.5 Å². The number of hydrogen-bond acceptors (Lipinski definition) is 4. The molecular weight excluding hydrogens is 194 g/mol. The molecule has 1 heterocycles. The summed E-state index contributed by atoms with van der Waals surface area (Å²) in [6.45, 7) is 7.19. The Balaban J connectivity index is 2.61. The summed E-state index contributed by atoms with van der Waals surface area (Å²) < 4.78 is 0. The van der Waals surface area contributed by atoms with E-state index in [0.717, 1.165) is 11.6 Å². The molecule has 0 bridgehead atoms. The minimum absolute atomic E-state index is 0.0357. The molecule has 80 valence electrons. The van der Waals surface area contributed by atoms with E-state index >= 15 is 0 Å². The quantitative estimate of drug-likeness (QED) is 0.789. The molecule has 0 amide bonds. The van der Waals surface area contributed by atoms with E-state index in [1.165, 1.54) is 0 Å². The van der Waals surface area contributed by atoms with Crippen molar-refractivity contribution in [2.75, 3.05) is 11.9 Å². The minimum atomic E-state index is -0.0357. The molecule has 0 aliphatic carbocycles. The third-order valence-corrected chi connectivity index (χ3v) is 2.84. The van der Waals surface area contributed by atoms with Gasteiger partial charge in [-0.2, -0.15) is 0 Å². The summed E-state index contributed by atoms with van der Waals surface area (Å²) in [5.74, 6) is 0.635. The van der Waals surface area contributed by atoms with Gasteiger partial charge in [-0.05, 0) is 19.3 Å². The SMILES string of the molecule is CC(C)CC(C)(CN)Nc1nccs1. The van der Waals surface area contributed by atoms with Gasteiger partial charge >= 0.3 is 0 Å². The van der Waals surface area contributed by atoms with Gasteiger partial charge in [0.15, 0.2) is 5.13 Å². The lowest BCUT2D eigenvalue weighted by molar-refractivity contribution is 0.407. The highest BCUT2D eigenvalue weighted by molar-refractivity contribution is 7.13. The molecular formula is C10H19N3S. The van der Waals surface area contributed by atoms with Gasteiger partial charge in [-0.3, -0.25) is 0 Å². The first-order valence-electron chi connectivity index (χ1n) is 4.93. The molecule has 4 heteroatoms. The Morgan fingerprint density at radius 2 is 2.36 bits per heavy atom. The van der Waals surface area contributed by atoms with Crippen LogP contribution in [0.3, 0.4) is 0 Å². The second kappa shape index (κ2) is 4.75. The molecule has 3 N–H and O–H groups in total. The molecule has 0 fully saturated rings. The van der Waals surface area contributed by atoms with E-state index in [9.17, 15) is 0 Å². The summed E-state index contributed by atoms with van der Waals surface area (Å²) in [6.07, 6.45) is 2.86. The van der Waals surface area contributed by atoms with Crippen molar-refractivity contribution in [3.63, 3.8) is 0 Å². The number of anilines is 1. The Morgan fingerprint density at radius 1 is 1.64 bits per heavy atom. The molecule has 1 atom stereocenters. The molecule has 1 rings (SSSR count). The van der Waals surface area contributed by atoms with Crippen molar-refractivity contribution in [2.45, 2.75) is 32.7 Å². The van der Waals surface area contributed by atoms with E-state index in [0.29, 0.717) is 12.5 Å². The zero-order valence-electron chi connectivity index (χ0n) is 9.08. The van der Waals surface area contributed by atoms with Crippen molar-refractivity contribution in [1.82, 2.24) is 4.98 Å². The van der Waals surface area contributed by atoms with Gasteiger partial charge in [-0.15, -0.1) is 11.3 Å². The van der Waals surface area contributed by atoms with Crippen LogP contribution in [0.2, 0.25) is 0 Å². The summed E-state index contributed by atoms with van der Waals surface area (Å²) in [5, 5.41) is 6.32. The minimum Gasteiger partial charge on any atom is -0.355 e. The molecule has 0 aromatic carbocycles. The third-order valence-electron chi connectivity index (χ3n) is 2.15. The zero-order valence-corrected chi connectivity index (χ0v) is 9.90. The van der Waals surface area contributed by atoms with Crippen LogP contribution in [0.15, 0.2) is 11.6 Å². The lowest BCUT2D eigenvalue weighted by atomic mass is 9.91. The maximum atomic E-state index is 5.79. The fourth-order valence-electron chi connectivity index (χ4n) is 1.63. The van der Waals surface area contributed by atoms with E-state index in [-0.39, 0.29) is 5.54 Å². The van der Waals surface area contributed by atoms with Gasteiger partial charge in [0.2, 0.25) is 0 Å². The normalized spacial score (nSPS) is 15.5. The van der Waals surface area contributed by atoms with Crippen molar-refractivity contribution < 1.29 is 0 Å². The standard InChI is InChI=1S/C10H19N3S/c1-8(2)6-10(3,7-11)13-9-12-4-5-14-9/h4-5,8H,6-7,11H2,1-3H3,(H,12,13). The van der Waals surface area contributed by atoms with Crippen LogP contribution in [0.4, 0.5) is 5.13 Å². The van der Waals surface area contributed by atoms with Crippen molar-refractivity contribution in [2.24, 2.45) is 11.7 Å². The predicted molar refractivity (Wildman–Crippen MR) is 62.7 cm³/mol. The Hall–Kier alpha value is -0.610. The number of thiazole rings is 1. The first kappa shape index (κ1) is 11.5. The molecule has 1 aromatic heterocycles. The van der Waals surface area contributed by atoms with Crippen LogP contribution in [-0.4, -0.2) is 17.1 Å². The van der Waals surface area contributed by atoms with Gasteiger partial charge in [-0.25, -0.2) is 4.98 Å². The van der Waals surface area contributed by atoms with Gasteiger partial charge in [0.05, 0.1) is 0 Å². The second-order valence-electron chi connectivity index (χ2n) is 4.33. The van der Waals surface area contributed by atoms with Gasteiger partial charge < -0.3 is 11.1 Å². The fourth-order valence-corrected chi connectivity index (χ4v) is 2.31. The van der Waals surface area contributed by atoms with Gasteiger partial charge in [0.25, 0.3) is 0 Å². The molecule has 0 radical (unpaired) electrons. The second-order valence-corrected chi connectivity index (χ2v) is 5.22. The lowest BCUT2D eigenvalue weighted by Gasteiger charge is -2.30. The van der Waals surface area contributed by atoms with Gasteiger partial charge in [-0.1, -0.05) is 13.8 Å². The summed E-state index contributed by atoms with van der Waals surface area (Å²) in [7, 11) is 0. The number of nitrogens with one attached hydrogen (secondary N) is 1. The van der Waals surface area contributed by atoms with Gasteiger partial charge in [0.1, 0.15) is 0 Å². The smallest absolute Gasteiger partial charge is 0.183 e. The molecule has 3 nitrogen and oxygen atoms in total.